The van der Waals surface area contributed by atoms with Crippen LogP contribution >= 0.6 is 0 Å². The molecule has 6 nitrogen and oxygen atoms in total. The van der Waals surface area contributed by atoms with Gasteiger partial charge in [-0.05, 0) is 36.8 Å². The van der Waals surface area contributed by atoms with Crippen molar-refractivity contribution in [2.45, 2.75) is 25.3 Å². The second-order valence-corrected chi connectivity index (χ2v) is 6.15. The lowest BCUT2D eigenvalue weighted by Crippen LogP contribution is -2.45. The van der Waals surface area contributed by atoms with E-state index in [4.69, 9.17) is 9.47 Å². The number of fused-ring (bicyclic) bond motifs is 1. The smallest absolute Gasteiger partial charge is 0.326 e. The summed E-state index contributed by atoms with van der Waals surface area (Å²) in [5.41, 5.74) is 0. The highest BCUT2D eigenvalue weighted by Gasteiger charge is 2.49. The Labute approximate surface area is 135 Å². The molecule has 1 amide bonds. The van der Waals surface area contributed by atoms with E-state index in [9.17, 15) is 14.7 Å². The Hall–Kier alpha value is -2.24. The molecule has 124 valence electrons. The maximum Gasteiger partial charge on any atom is 0.326 e. The maximum atomic E-state index is 12.4. The second kappa shape index (κ2) is 6.48. The molecule has 0 aromatic heterocycles. The van der Waals surface area contributed by atoms with Crippen LogP contribution in [0.1, 0.15) is 19.3 Å². The Balaban J connectivity index is 1.64. The maximum absolute atomic E-state index is 12.4. The SMILES string of the molecule is COc1cccc(OCC(=O)N2CC3CCCC3C2C(=O)O)c1. The van der Waals surface area contributed by atoms with Gasteiger partial charge in [-0.1, -0.05) is 12.5 Å². The molecule has 1 aromatic carbocycles. The van der Waals surface area contributed by atoms with Gasteiger partial charge in [0.25, 0.3) is 5.91 Å². The first-order valence-corrected chi connectivity index (χ1v) is 7.89. The van der Waals surface area contributed by atoms with Gasteiger partial charge in [0.1, 0.15) is 17.5 Å². The van der Waals surface area contributed by atoms with E-state index in [0.717, 1.165) is 19.3 Å². The molecule has 1 N–H and O–H groups in total. The van der Waals surface area contributed by atoms with Gasteiger partial charge in [-0.25, -0.2) is 4.79 Å². The molecule has 1 aromatic rings. The zero-order chi connectivity index (χ0) is 16.4. The standard InChI is InChI=1S/C17H21NO5/c1-22-12-5-3-6-13(8-12)23-10-15(19)18-9-11-4-2-7-14(11)16(18)17(20)21/h3,5-6,8,11,14,16H,2,4,7,9-10H2,1H3,(H,20,21). The lowest BCUT2D eigenvalue weighted by atomic mass is 9.94. The molecule has 1 aliphatic carbocycles. The van der Waals surface area contributed by atoms with E-state index in [2.05, 4.69) is 0 Å². The number of methoxy groups -OCH3 is 1. The highest BCUT2D eigenvalue weighted by atomic mass is 16.5. The van der Waals surface area contributed by atoms with Crippen LogP contribution in [0.4, 0.5) is 0 Å². The van der Waals surface area contributed by atoms with Crippen LogP contribution < -0.4 is 9.47 Å². The first kappa shape index (κ1) is 15.6. The van der Waals surface area contributed by atoms with E-state index in [-0.39, 0.29) is 18.4 Å². The van der Waals surface area contributed by atoms with Gasteiger partial charge < -0.3 is 19.5 Å². The molecule has 1 aliphatic heterocycles. The van der Waals surface area contributed by atoms with Crippen LogP contribution in [0.25, 0.3) is 0 Å². The molecule has 1 saturated heterocycles. The molecule has 23 heavy (non-hydrogen) atoms. The fraction of sp³-hybridized carbons (Fsp3) is 0.529. The molecular formula is C17H21NO5. The number of carboxylic acids is 1. The summed E-state index contributed by atoms with van der Waals surface area (Å²) in [6.07, 6.45) is 2.96. The van der Waals surface area contributed by atoms with Crippen LogP contribution in [-0.4, -0.2) is 48.2 Å². The third-order valence-corrected chi connectivity index (χ3v) is 4.87. The zero-order valence-electron chi connectivity index (χ0n) is 13.1. The monoisotopic (exact) mass is 319 g/mol. The third-order valence-electron chi connectivity index (χ3n) is 4.87. The number of ether oxygens (including phenoxy) is 2. The van der Waals surface area contributed by atoms with Gasteiger partial charge in [-0.3, -0.25) is 4.79 Å². The van der Waals surface area contributed by atoms with E-state index in [1.807, 2.05) is 0 Å². The van der Waals surface area contributed by atoms with Crippen LogP contribution in [0.3, 0.4) is 0 Å². The molecule has 1 saturated carbocycles. The van der Waals surface area contributed by atoms with Crippen molar-refractivity contribution in [3.05, 3.63) is 24.3 Å². The molecule has 0 bridgehead atoms. The van der Waals surface area contributed by atoms with Crippen LogP contribution in [0.5, 0.6) is 11.5 Å². The van der Waals surface area contributed by atoms with E-state index < -0.39 is 12.0 Å². The molecule has 0 spiro atoms. The summed E-state index contributed by atoms with van der Waals surface area (Å²) in [6.45, 7) is 0.373. The number of benzene rings is 1. The van der Waals surface area contributed by atoms with Crippen molar-refractivity contribution in [1.29, 1.82) is 0 Å². The van der Waals surface area contributed by atoms with E-state index in [1.165, 1.54) is 4.90 Å². The quantitative estimate of drug-likeness (QED) is 0.895. The summed E-state index contributed by atoms with van der Waals surface area (Å²) >= 11 is 0. The topological polar surface area (TPSA) is 76.1 Å². The lowest BCUT2D eigenvalue weighted by molar-refractivity contribution is -0.150. The van der Waals surface area contributed by atoms with Crippen molar-refractivity contribution in [2.24, 2.45) is 11.8 Å². The highest BCUT2D eigenvalue weighted by Crippen LogP contribution is 2.42. The van der Waals surface area contributed by atoms with Crippen LogP contribution in [0, 0.1) is 11.8 Å². The number of hydrogen-bond donors (Lipinski definition) is 1. The first-order chi connectivity index (χ1) is 11.1. The van der Waals surface area contributed by atoms with Crippen LogP contribution in [0.15, 0.2) is 24.3 Å². The Morgan fingerprint density at radius 1 is 1.30 bits per heavy atom. The molecule has 2 fully saturated rings. The van der Waals surface area contributed by atoms with Gasteiger partial charge in [-0.15, -0.1) is 0 Å². The summed E-state index contributed by atoms with van der Waals surface area (Å²) < 4.78 is 10.6. The minimum absolute atomic E-state index is 0.0910. The van der Waals surface area contributed by atoms with Crippen LogP contribution in [0.2, 0.25) is 0 Å². The van der Waals surface area contributed by atoms with Gasteiger partial charge >= 0.3 is 5.97 Å². The molecule has 1 heterocycles. The highest BCUT2D eigenvalue weighted by molar-refractivity contribution is 5.85. The fourth-order valence-electron chi connectivity index (χ4n) is 3.80. The summed E-state index contributed by atoms with van der Waals surface area (Å²) in [5, 5.41) is 9.48. The number of aliphatic carboxylic acids is 1. The fourth-order valence-corrected chi connectivity index (χ4v) is 3.80. The second-order valence-electron chi connectivity index (χ2n) is 6.15. The number of hydrogen-bond acceptors (Lipinski definition) is 4. The number of carboxylic acid groups (broad SMARTS) is 1. The lowest BCUT2D eigenvalue weighted by Gasteiger charge is -2.24. The van der Waals surface area contributed by atoms with Crippen molar-refractivity contribution in [3.8, 4) is 11.5 Å². The Bertz CT molecular complexity index is 602. The summed E-state index contributed by atoms with van der Waals surface area (Å²) in [7, 11) is 1.56. The average Bonchev–Trinajstić information content (AvgIpc) is 3.13. The molecule has 2 aliphatic rings. The predicted octanol–water partition coefficient (Wildman–Crippen LogP) is 1.79. The predicted molar refractivity (Wildman–Crippen MR) is 82.5 cm³/mol. The number of carbonyl (C=O) groups excluding carboxylic acids is 1. The van der Waals surface area contributed by atoms with Gasteiger partial charge in [0, 0.05) is 12.6 Å². The molecule has 3 atom stereocenters. The minimum Gasteiger partial charge on any atom is -0.497 e. The number of nitrogens with zero attached hydrogens (tertiary/aromatic N) is 1. The molecule has 6 heteroatoms. The molecule has 0 radical (unpaired) electrons. The van der Waals surface area contributed by atoms with E-state index in [1.54, 1.807) is 31.4 Å². The van der Waals surface area contributed by atoms with E-state index in [0.29, 0.717) is 24.0 Å². The molecular weight excluding hydrogens is 298 g/mol. The van der Waals surface area contributed by atoms with Gasteiger partial charge in [-0.2, -0.15) is 0 Å². The first-order valence-electron chi connectivity index (χ1n) is 7.89. The van der Waals surface area contributed by atoms with Crippen molar-refractivity contribution in [1.82, 2.24) is 4.90 Å². The average molecular weight is 319 g/mol. The Morgan fingerprint density at radius 2 is 2.09 bits per heavy atom. The van der Waals surface area contributed by atoms with Crippen LogP contribution in [-0.2, 0) is 9.59 Å². The summed E-state index contributed by atoms with van der Waals surface area (Å²) in [6, 6.07) is 6.29. The number of carbonyl (C=O) groups is 2. The summed E-state index contributed by atoms with van der Waals surface area (Å²) in [4.78, 5) is 25.5. The molecule has 3 rings (SSSR count). The van der Waals surface area contributed by atoms with Gasteiger partial charge in [0.05, 0.1) is 7.11 Å². The van der Waals surface area contributed by atoms with Gasteiger partial charge in [0.2, 0.25) is 0 Å². The Kier molecular flexibility index (Phi) is 4.41. The number of likely N-dealkylation sites (tertiary alicyclic amines) is 1. The number of rotatable bonds is 5. The van der Waals surface area contributed by atoms with E-state index >= 15 is 0 Å². The minimum atomic E-state index is -0.908. The normalized spacial score (nSPS) is 26.0. The van der Waals surface area contributed by atoms with Crippen molar-refractivity contribution in [2.75, 3.05) is 20.3 Å². The van der Waals surface area contributed by atoms with Crippen molar-refractivity contribution < 1.29 is 24.2 Å². The molecule has 3 unspecified atom stereocenters. The number of amides is 1. The van der Waals surface area contributed by atoms with Crippen molar-refractivity contribution in [3.63, 3.8) is 0 Å². The van der Waals surface area contributed by atoms with Gasteiger partial charge in [0.15, 0.2) is 6.61 Å². The Morgan fingerprint density at radius 3 is 2.83 bits per heavy atom. The largest absolute Gasteiger partial charge is 0.497 e. The zero-order valence-corrected chi connectivity index (χ0v) is 13.1. The third kappa shape index (κ3) is 3.11. The van der Waals surface area contributed by atoms with Crippen molar-refractivity contribution >= 4 is 11.9 Å². The summed E-state index contributed by atoms with van der Waals surface area (Å²) in [5.74, 6) is 0.409.